The minimum absolute atomic E-state index is 0.0654. The largest absolute Gasteiger partial charge is 0.310 e. The van der Waals surface area contributed by atoms with Crippen LogP contribution in [-0.2, 0) is 27.1 Å². The van der Waals surface area contributed by atoms with Crippen LogP contribution in [0.3, 0.4) is 0 Å². The first kappa shape index (κ1) is 20.3. The standard InChI is InChI=1S/C23H31N3O2S/c1-3-4-8-17-10-12-18(13-11-17)23(27)24-22-19-14-29(28)15-20(19)25-26(22)21-9-6-5-7-16(21)2/h5-7,9,17-18H,3-4,8,10-15H2,1-2H3,(H,24,27)/t17?,18?,29-/m1/s1. The Balaban J connectivity index is 1.53. The molecule has 5 nitrogen and oxygen atoms in total. The zero-order valence-electron chi connectivity index (χ0n) is 17.4. The number of nitrogens with zero attached hydrogens (tertiary/aromatic N) is 2. The number of carbonyl (C=O) groups is 1. The van der Waals surface area contributed by atoms with Crippen LogP contribution in [0.5, 0.6) is 0 Å². The highest BCUT2D eigenvalue weighted by atomic mass is 32.2. The van der Waals surface area contributed by atoms with Gasteiger partial charge in [0, 0.05) is 22.3 Å². The lowest BCUT2D eigenvalue weighted by Crippen LogP contribution is -2.28. The average molecular weight is 414 g/mol. The second-order valence-electron chi connectivity index (χ2n) is 8.55. The highest BCUT2D eigenvalue weighted by Crippen LogP contribution is 2.35. The number of rotatable bonds is 6. The van der Waals surface area contributed by atoms with Crippen molar-refractivity contribution in [2.75, 3.05) is 5.32 Å². The molecule has 2 aliphatic rings. The van der Waals surface area contributed by atoms with Crippen molar-refractivity contribution in [3.63, 3.8) is 0 Å². The normalized spacial score (nSPS) is 23.7. The van der Waals surface area contributed by atoms with Gasteiger partial charge in [-0.15, -0.1) is 0 Å². The first-order valence-electron chi connectivity index (χ1n) is 10.9. The van der Waals surface area contributed by atoms with Gasteiger partial charge in [0.25, 0.3) is 0 Å². The molecule has 2 aromatic rings. The van der Waals surface area contributed by atoms with E-state index in [-0.39, 0.29) is 11.8 Å². The maximum absolute atomic E-state index is 13.1. The van der Waals surface area contributed by atoms with Crippen LogP contribution >= 0.6 is 0 Å². The first-order chi connectivity index (χ1) is 14.1. The monoisotopic (exact) mass is 413 g/mol. The minimum Gasteiger partial charge on any atom is -0.310 e. The molecule has 0 unspecified atom stereocenters. The number of anilines is 1. The van der Waals surface area contributed by atoms with Gasteiger partial charge in [0.15, 0.2) is 0 Å². The maximum Gasteiger partial charge on any atom is 0.228 e. The third-order valence-corrected chi connectivity index (χ3v) is 7.64. The quantitative estimate of drug-likeness (QED) is 0.734. The summed E-state index contributed by atoms with van der Waals surface area (Å²) in [4.78, 5) is 13.1. The molecule has 2 heterocycles. The zero-order valence-corrected chi connectivity index (χ0v) is 18.3. The molecule has 0 saturated heterocycles. The zero-order chi connectivity index (χ0) is 20.4. The number of amides is 1. The van der Waals surface area contributed by atoms with Crippen LogP contribution in [0.2, 0.25) is 0 Å². The lowest BCUT2D eigenvalue weighted by atomic mass is 9.79. The van der Waals surface area contributed by atoms with Gasteiger partial charge < -0.3 is 5.32 Å². The van der Waals surface area contributed by atoms with Crippen LogP contribution in [0.15, 0.2) is 24.3 Å². The summed E-state index contributed by atoms with van der Waals surface area (Å²) in [5, 5.41) is 7.92. The Bertz CT molecular complexity index is 913. The van der Waals surface area contributed by atoms with Gasteiger partial charge in [-0.3, -0.25) is 9.00 Å². The van der Waals surface area contributed by atoms with Crippen molar-refractivity contribution in [1.29, 1.82) is 0 Å². The molecule has 1 aliphatic heterocycles. The molecule has 0 spiro atoms. The average Bonchev–Trinajstić information content (AvgIpc) is 3.24. The Labute approximate surface area is 175 Å². The Morgan fingerprint density at radius 3 is 2.69 bits per heavy atom. The number of para-hydroxylation sites is 1. The molecule has 1 aromatic carbocycles. The van der Waals surface area contributed by atoms with Crippen molar-refractivity contribution in [2.24, 2.45) is 11.8 Å². The molecule has 1 atom stereocenters. The molecule has 1 aromatic heterocycles. The van der Waals surface area contributed by atoms with Gasteiger partial charge in [-0.05, 0) is 50.2 Å². The highest BCUT2D eigenvalue weighted by Gasteiger charge is 2.31. The lowest BCUT2D eigenvalue weighted by molar-refractivity contribution is -0.121. The van der Waals surface area contributed by atoms with E-state index in [1.807, 2.05) is 35.9 Å². The molecule has 4 rings (SSSR count). The molecule has 0 bridgehead atoms. The Morgan fingerprint density at radius 2 is 1.97 bits per heavy atom. The SMILES string of the molecule is CCCCC1CCC(C(=O)Nc2c3c(nn2-c2ccccc2C)C[S@](=O)C3)CC1. The number of nitrogens with one attached hydrogen (secondary N) is 1. The van der Waals surface area contributed by atoms with Crippen molar-refractivity contribution in [1.82, 2.24) is 9.78 Å². The van der Waals surface area contributed by atoms with Crippen molar-refractivity contribution in [2.45, 2.75) is 70.3 Å². The fraction of sp³-hybridized carbons (Fsp3) is 0.565. The van der Waals surface area contributed by atoms with Gasteiger partial charge in [0.05, 0.1) is 22.9 Å². The van der Waals surface area contributed by atoms with E-state index in [4.69, 9.17) is 5.10 Å². The Hall–Kier alpha value is -1.95. The molecule has 1 aliphatic carbocycles. The van der Waals surface area contributed by atoms with E-state index < -0.39 is 10.8 Å². The van der Waals surface area contributed by atoms with E-state index >= 15 is 0 Å². The summed E-state index contributed by atoms with van der Waals surface area (Å²) in [5.74, 6) is 2.60. The molecule has 1 fully saturated rings. The van der Waals surface area contributed by atoms with Crippen LogP contribution in [0.25, 0.3) is 5.69 Å². The van der Waals surface area contributed by atoms with Gasteiger partial charge in [0.2, 0.25) is 5.91 Å². The van der Waals surface area contributed by atoms with Gasteiger partial charge in [-0.2, -0.15) is 5.10 Å². The number of hydrogen-bond donors (Lipinski definition) is 1. The van der Waals surface area contributed by atoms with Gasteiger partial charge >= 0.3 is 0 Å². The lowest BCUT2D eigenvalue weighted by Gasteiger charge is -2.28. The summed E-state index contributed by atoms with van der Waals surface area (Å²) in [6, 6.07) is 8.04. The van der Waals surface area contributed by atoms with E-state index in [1.165, 1.54) is 19.3 Å². The van der Waals surface area contributed by atoms with Crippen LogP contribution in [-0.4, -0.2) is 19.9 Å². The fourth-order valence-corrected chi connectivity index (χ4v) is 5.92. The fourth-order valence-electron chi connectivity index (χ4n) is 4.66. The summed E-state index contributed by atoms with van der Waals surface area (Å²) in [5.41, 5.74) is 3.86. The van der Waals surface area contributed by atoms with Crippen LogP contribution < -0.4 is 5.32 Å². The van der Waals surface area contributed by atoms with Crippen molar-refractivity contribution in [3.05, 3.63) is 41.1 Å². The van der Waals surface area contributed by atoms with E-state index in [1.54, 1.807) is 0 Å². The number of fused-ring (bicyclic) bond motifs is 1. The molecule has 29 heavy (non-hydrogen) atoms. The number of hydrogen-bond acceptors (Lipinski definition) is 3. The summed E-state index contributed by atoms with van der Waals surface area (Å²) in [7, 11) is -0.923. The Morgan fingerprint density at radius 1 is 1.21 bits per heavy atom. The molecule has 1 saturated carbocycles. The third-order valence-electron chi connectivity index (χ3n) is 6.44. The van der Waals surface area contributed by atoms with Gasteiger partial charge in [-0.25, -0.2) is 4.68 Å². The summed E-state index contributed by atoms with van der Waals surface area (Å²) in [6.07, 6.45) is 8.06. The van der Waals surface area contributed by atoms with Gasteiger partial charge in [0.1, 0.15) is 5.82 Å². The number of carbonyl (C=O) groups excluding carboxylic acids is 1. The summed E-state index contributed by atoms with van der Waals surface area (Å²) in [6.45, 7) is 4.28. The highest BCUT2D eigenvalue weighted by molar-refractivity contribution is 7.83. The number of aryl methyl sites for hydroxylation is 1. The molecule has 1 amide bonds. The number of aromatic nitrogens is 2. The Kier molecular flexibility index (Phi) is 6.18. The van der Waals surface area contributed by atoms with E-state index in [0.717, 1.165) is 59.9 Å². The number of unbranched alkanes of at least 4 members (excludes halogenated alkanes) is 1. The minimum atomic E-state index is -0.923. The van der Waals surface area contributed by atoms with Crippen molar-refractivity contribution < 1.29 is 9.00 Å². The smallest absolute Gasteiger partial charge is 0.228 e. The molecule has 0 radical (unpaired) electrons. The van der Waals surface area contributed by atoms with E-state index in [0.29, 0.717) is 11.5 Å². The van der Waals surface area contributed by atoms with Crippen molar-refractivity contribution >= 4 is 22.5 Å². The summed E-state index contributed by atoms with van der Waals surface area (Å²) < 4.78 is 13.9. The van der Waals surface area contributed by atoms with Gasteiger partial charge in [-0.1, -0.05) is 44.4 Å². The second kappa shape index (κ2) is 8.82. The van der Waals surface area contributed by atoms with E-state index in [2.05, 4.69) is 12.2 Å². The molecule has 156 valence electrons. The maximum atomic E-state index is 13.1. The third kappa shape index (κ3) is 4.32. The molecule has 1 N–H and O–H groups in total. The predicted octanol–water partition coefficient (Wildman–Crippen LogP) is 4.88. The van der Waals surface area contributed by atoms with Crippen LogP contribution in [0, 0.1) is 18.8 Å². The predicted molar refractivity (Wildman–Crippen MR) is 117 cm³/mol. The van der Waals surface area contributed by atoms with Crippen LogP contribution in [0.4, 0.5) is 5.82 Å². The molecular formula is C23H31N3O2S. The first-order valence-corrected chi connectivity index (χ1v) is 12.4. The van der Waals surface area contributed by atoms with Crippen molar-refractivity contribution in [3.8, 4) is 5.69 Å². The summed E-state index contributed by atoms with van der Waals surface area (Å²) >= 11 is 0. The second-order valence-corrected chi connectivity index (χ2v) is 10.0. The molecule has 6 heteroatoms. The van der Waals surface area contributed by atoms with Crippen LogP contribution in [0.1, 0.15) is 68.7 Å². The topological polar surface area (TPSA) is 64.0 Å². The molecular weight excluding hydrogens is 382 g/mol. The number of benzene rings is 1. The van der Waals surface area contributed by atoms with E-state index in [9.17, 15) is 9.00 Å².